The first-order chi connectivity index (χ1) is 16.2. The van der Waals surface area contributed by atoms with E-state index in [4.69, 9.17) is 34.8 Å². The first-order valence-corrected chi connectivity index (χ1v) is 13.1. The van der Waals surface area contributed by atoms with Crippen molar-refractivity contribution in [3.63, 3.8) is 0 Å². The van der Waals surface area contributed by atoms with Crippen molar-refractivity contribution < 1.29 is 9.90 Å². The molecule has 0 aromatic heterocycles. The molecule has 2 fully saturated rings. The van der Waals surface area contributed by atoms with Gasteiger partial charge in [0.15, 0.2) is 0 Å². The minimum Gasteiger partial charge on any atom is -0.480 e. The van der Waals surface area contributed by atoms with Crippen LogP contribution in [0.4, 0.5) is 5.69 Å². The summed E-state index contributed by atoms with van der Waals surface area (Å²) in [5.74, 6) is -0.252. The summed E-state index contributed by atoms with van der Waals surface area (Å²) in [7, 11) is 0. The summed E-state index contributed by atoms with van der Waals surface area (Å²) in [4.78, 5) is 16.0. The van der Waals surface area contributed by atoms with E-state index < -0.39 is 12.0 Å². The van der Waals surface area contributed by atoms with E-state index in [2.05, 4.69) is 34.2 Å². The molecule has 0 saturated carbocycles. The van der Waals surface area contributed by atoms with Gasteiger partial charge >= 0.3 is 5.97 Å². The fourth-order valence-corrected chi connectivity index (χ4v) is 5.99. The maximum atomic E-state index is 11.3. The van der Waals surface area contributed by atoms with Crippen LogP contribution in [0, 0.1) is 0 Å². The number of nitrogens with zero attached hydrogens (tertiary/aromatic N) is 2. The molecule has 0 radical (unpaired) electrons. The van der Waals surface area contributed by atoms with Crippen molar-refractivity contribution in [1.82, 2.24) is 9.80 Å². The lowest BCUT2D eigenvalue weighted by atomic mass is 9.88. The van der Waals surface area contributed by atoms with Crippen molar-refractivity contribution in [3.05, 3.63) is 62.6 Å². The first-order valence-electron chi connectivity index (χ1n) is 11.9. The fraction of sp³-hybridized carbons (Fsp3) is 0.500. The standard InChI is InChI=1S/C26H32Cl3N3O2/c1-16(22-5-4-20(27)14-24(22)29)30-25-13-19(3-6-23(25)28)18-7-10-31(11-8-18)21-9-12-32(15-21)17(2)26(33)34/h3-6,13-14,16-18,21,30H,7-12,15H2,1-2H3,(H,33,34). The fourth-order valence-electron chi connectivity index (χ4n) is 5.24. The lowest BCUT2D eigenvalue weighted by Crippen LogP contribution is -2.44. The van der Waals surface area contributed by atoms with E-state index in [0.717, 1.165) is 56.7 Å². The maximum absolute atomic E-state index is 11.3. The monoisotopic (exact) mass is 523 g/mol. The van der Waals surface area contributed by atoms with Crippen LogP contribution in [0.5, 0.6) is 0 Å². The predicted octanol–water partition coefficient (Wildman–Crippen LogP) is 6.55. The van der Waals surface area contributed by atoms with E-state index in [1.807, 2.05) is 18.2 Å². The van der Waals surface area contributed by atoms with E-state index >= 15 is 0 Å². The van der Waals surface area contributed by atoms with Gasteiger partial charge in [-0.15, -0.1) is 0 Å². The number of aliphatic carboxylic acids is 1. The van der Waals surface area contributed by atoms with E-state index in [1.54, 1.807) is 13.0 Å². The number of hydrogen-bond acceptors (Lipinski definition) is 4. The van der Waals surface area contributed by atoms with Gasteiger partial charge < -0.3 is 10.4 Å². The SMILES string of the molecule is CC(Nc1cc(C2CCN(C3CCN(C(C)C(=O)O)C3)CC2)ccc1Cl)c1ccc(Cl)cc1Cl. The van der Waals surface area contributed by atoms with Crippen LogP contribution >= 0.6 is 34.8 Å². The number of halogens is 3. The van der Waals surface area contributed by atoms with E-state index in [1.165, 1.54) is 5.56 Å². The molecule has 0 aliphatic carbocycles. The number of nitrogens with one attached hydrogen (secondary N) is 1. The van der Waals surface area contributed by atoms with Crippen LogP contribution in [0.3, 0.4) is 0 Å². The highest BCUT2D eigenvalue weighted by molar-refractivity contribution is 6.35. The maximum Gasteiger partial charge on any atom is 0.320 e. The number of piperidine rings is 1. The summed E-state index contributed by atoms with van der Waals surface area (Å²) < 4.78 is 0. The van der Waals surface area contributed by atoms with Crippen molar-refractivity contribution in [3.8, 4) is 0 Å². The molecular formula is C26H32Cl3N3O2. The van der Waals surface area contributed by atoms with Crippen molar-refractivity contribution in [2.75, 3.05) is 31.5 Å². The Morgan fingerprint density at radius 2 is 1.74 bits per heavy atom. The molecule has 2 aromatic rings. The molecule has 34 heavy (non-hydrogen) atoms. The molecule has 2 aromatic carbocycles. The Labute approximate surface area is 217 Å². The van der Waals surface area contributed by atoms with Crippen molar-refractivity contribution in [2.45, 2.75) is 57.2 Å². The third-order valence-electron chi connectivity index (χ3n) is 7.41. The zero-order valence-electron chi connectivity index (χ0n) is 19.6. The Balaban J connectivity index is 1.37. The van der Waals surface area contributed by atoms with Gasteiger partial charge in [-0.05, 0) is 87.5 Å². The summed E-state index contributed by atoms with van der Waals surface area (Å²) in [6, 6.07) is 11.9. The van der Waals surface area contributed by atoms with Crippen LogP contribution in [0.15, 0.2) is 36.4 Å². The zero-order valence-corrected chi connectivity index (χ0v) is 21.9. The number of anilines is 1. The van der Waals surface area contributed by atoms with Gasteiger partial charge in [-0.3, -0.25) is 14.6 Å². The molecule has 0 amide bonds. The van der Waals surface area contributed by atoms with Crippen molar-refractivity contribution in [2.24, 2.45) is 0 Å². The Hall–Kier alpha value is -1.50. The highest BCUT2D eigenvalue weighted by atomic mass is 35.5. The summed E-state index contributed by atoms with van der Waals surface area (Å²) in [5, 5.41) is 14.8. The van der Waals surface area contributed by atoms with Crippen LogP contribution < -0.4 is 5.32 Å². The minimum absolute atomic E-state index is 0.0159. The van der Waals surface area contributed by atoms with Crippen molar-refractivity contribution in [1.29, 1.82) is 0 Å². The Bertz CT molecular complexity index is 1030. The molecule has 8 heteroatoms. The molecule has 2 heterocycles. The molecule has 0 bridgehead atoms. The molecule has 2 aliphatic heterocycles. The number of carboxylic acids is 1. The second kappa shape index (κ2) is 11.0. The molecule has 2 saturated heterocycles. The average molecular weight is 525 g/mol. The van der Waals surface area contributed by atoms with Gasteiger partial charge in [-0.25, -0.2) is 0 Å². The smallest absolute Gasteiger partial charge is 0.320 e. The van der Waals surface area contributed by atoms with Crippen LogP contribution in [0.25, 0.3) is 0 Å². The van der Waals surface area contributed by atoms with Gasteiger partial charge in [0.2, 0.25) is 0 Å². The lowest BCUT2D eigenvalue weighted by molar-refractivity contribution is -0.142. The molecule has 3 unspecified atom stereocenters. The summed E-state index contributed by atoms with van der Waals surface area (Å²) in [6.45, 7) is 7.62. The molecular weight excluding hydrogens is 493 g/mol. The number of likely N-dealkylation sites (tertiary alicyclic amines) is 2. The topological polar surface area (TPSA) is 55.8 Å². The zero-order chi connectivity index (χ0) is 24.4. The largest absolute Gasteiger partial charge is 0.480 e. The third kappa shape index (κ3) is 5.83. The minimum atomic E-state index is -0.737. The number of carbonyl (C=O) groups is 1. The Morgan fingerprint density at radius 1 is 1.00 bits per heavy atom. The number of benzene rings is 2. The van der Waals surface area contributed by atoms with Gasteiger partial charge in [0.1, 0.15) is 6.04 Å². The summed E-state index contributed by atoms with van der Waals surface area (Å²) in [5.41, 5.74) is 3.19. The van der Waals surface area contributed by atoms with Crippen LogP contribution in [0.2, 0.25) is 15.1 Å². The number of hydrogen-bond donors (Lipinski definition) is 2. The Kier molecular flexibility index (Phi) is 8.32. The first kappa shape index (κ1) is 25.6. The molecule has 3 atom stereocenters. The van der Waals surface area contributed by atoms with Crippen LogP contribution in [-0.4, -0.2) is 59.1 Å². The van der Waals surface area contributed by atoms with Gasteiger partial charge in [0.05, 0.1) is 16.8 Å². The van der Waals surface area contributed by atoms with Gasteiger partial charge in [0, 0.05) is 29.2 Å². The highest BCUT2D eigenvalue weighted by Gasteiger charge is 2.34. The molecule has 4 rings (SSSR count). The average Bonchev–Trinajstić information content (AvgIpc) is 3.30. The van der Waals surface area contributed by atoms with Gasteiger partial charge in [-0.1, -0.05) is 46.9 Å². The quantitative estimate of drug-likeness (QED) is 0.430. The molecule has 2 N–H and O–H groups in total. The van der Waals surface area contributed by atoms with Gasteiger partial charge in [0.25, 0.3) is 0 Å². The van der Waals surface area contributed by atoms with Crippen LogP contribution in [0.1, 0.15) is 56.2 Å². The Morgan fingerprint density at radius 3 is 2.41 bits per heavy atom. The summed E-state index contributed by atoms with van der Waals surface area (Å²) >= 11 is 19.0. The normalized spacial score (nSPS) is 22.0. The molecule has 5 nitrogen and oxygen atoms in total. The number of carboxylic acid groups (broad SMARTS) is 1. The molecule has 0 spiro atoms. The summed E-state index contributed by atoms with van der Waals surface area (Å²) in [6.07, 6.45) is 3.22. The van der Waals surface area contributed by atoms with E-state index in [-0.39, 0.29) is 6.04 Å². The highest BCUT2D eigenvalue weighted by Crippen LogP contribution is 2.36. The number of rotatable bonds is 7. The predicted molar refractivity (Wildman–Crippen MR) is 141 cm³/mol. The van der Waals surface area contributed by atoms with E-state index in [9.17, 15) is 9.90 Å². The second-order valence-electron chi connectivity index (χ2n) is 9.53. The lowest BCUT2D eigenvalue weighted by Gasteiger charge is -2.36. The van der Waals surface area contributed by atoms with E-state index in [0.29, 0.717) is 27.0 Å². The third-order valence-corrected chi connectivity index (χ3v) is 8.30. The van der Waals surface area contributed by atoms with Crippen LogP contribution in [-0.2, 0) is 4.79 Å². The van der Waals surface area contributed by atoms with Crippen molar-refractivity contribution >= 4 is 46.5 Å². The second-order valence-corrected chi connectivity index (χ2v) is 10.8. The molecule has 2 aliphatic rings. The van der Waals surface area contributed by atoms with Gasteiger partial charge in [-0.2, -0.15) is 0 Å². The molecule has 184 valence electrons.